The van der Waals surface area contributed by atoms with E-state index >= 15 is 0 Å². The second-order valence-corrected chi connectivity index (χ2v) is 7.41. The van der Waals surface area contributed by atoms with Crippen molar-refractivity contribution in [3.63, 3.8) is 0 Å². The molecule has 0 unspecified atom stereocenters. The van der Waals surface area contributed by atoms with Crippen LogP contribution in [0, 0.1) is 0 Å². The minimum atomic E-state index is -3.90. The van der Waals surface area contributed by atoms with E-state index in [0.29, 0.717) is 11.5 Å². The Morgan fingerprint density at radius 2 is 1.78 bits per heavy atom. The van der Waals surface area contributed by atoms with E-state index in [0.717, 1.165) is 4.31 Å². The van der Waals surface area contributed by atoms with Crippen LogP contribution in [0.3, 0.4) is 0 Å². The first-order chi connectivity index (χ1) is 13.1. The molecule has 0 saturated heterocycles. The highest BCUT2D eigenvalue weighted by Crippen LogP contribution is 2.18. The summed E-state index contributed by atoms with van der Waals surface area (Å²) in [4.78, 5) is 12.3. The summed E-state index contributed by atoms with van der Waals surface area (Å²) in [6, 6.07) is 14.5. The highest BCUT2D eigenvalue weighted by Gasteiger charge is 2.27. The van der Waals surface area contributed by atoms with Crippen molar-refractivity contribution in [2.75, 3.05) is 6.54 Å². The Kier molecular flexibility index (Phi) is 5.84. The minimum Gasteiger partial charge on any atom is -0.468 e. The van der Waals surface area contributed by atoms with Crippen molar-refractivity contribution >= 4 is 22.1 Å². The van der Waals surface area contributed by atoms with Crippen molar-refractivity contribution in [1.82, 2.24) is 9.73 Å². The summed E-state index contributed by atoms with van der Waals surface area (Å²) >= 11 is 0. The maximum absolute atomic E-state index is 12.9. The zero-order chi connectivity index (χ0) is 19.1. The molecule has 1 N–H and O–H groups in total. The second-order valence-electron chi connectivity index (χ2n) is 5.47. The van der Waals surface area contributed by atoms with Gasteiger partial charge in [-0.3, -0.25) is 4.79 Å². The molecule has 0 aliphatic heterocycles. The van der Waals surface area contributed by atoms with Gasteiger partial charge in [-0.2, -0.15) is 9.41 Å². The van der Waals surface area contributed by atoms with Crippen LogP contribution >= 0.6 is 0 Å². The normalized spacial score (nSPS) is 11.9. The van der Waals surface area contributed by atoms with Gasteiger partial charge in [0.15, 0.2) is 0 Å². The van der Waals surface area contributed by atoms with Crippen LogP contribution in [0.4, 0.5) is 0 Å². The van der Waals surface area contributed by atoms with Gasteiger partial charge < -0.3 is 8.83 Å². The number of hydrogen-bond donors (Lipinski definition) is 1. The molecule has 0 aliphatic rings. The molecule has 8 nitrogen and oxygen atoms in total. The quantitative estimate of drug-likeness (QED) is 0.471. The Morgan fingerprint density at radius 1 is 1.04 bits per heavy atom. The third kappa shape index (κ3) is 4.93. The van der Waals surface area contributed by atoms with Crippen LogP contribution in [-0.4, -0.2) is 31.4 Å². The van der Waals surface area contributed by atoms with Gasteiger partial charge in [-0.1, -0.05) is 18.2 Å². The molecule has 0 saturated carbocycles. The fourth-order valence-electron chi connectivity index (χ4n) is 2.27. The van der Waals surface area contributed by atoms with Crippen LogP contribution in [0.25, 0.3) is 0 Å². The zero-order valence-electron chi connectivity index (χ0n) is 14.2. The predicted molar refractivity (Wildman–Crippen MR) is 97.2 cm³/mol. The summed E-state index contributed by atoms with van der Waals surface area (Å²) in [5.74, 6) is 0.282. The summed E-state index contributed by atoms with van der Waals surface area (Å²) in [6.07, 6.45) is 4.23. The van der Waals surface area contributed by atoms with Gasteiger partial charge in [-0.05, 0) is 36.4 Å². The average Bonchev–Trinajstić information content (AvgIpc) is 3.36. The molecule has 1 amide bonds. The van der Waals surface area contributed by atoms with E-state index in [9.17, 15) is 13.2 Å². The van der Waals surface area contributed by atoms with E-state index in [1.54, 1.807) is 42.5 Å². The standard InChI is InChI=1S/C18H17N3O5S/c22-18(20-19-12-15-6-4-10-25-15)14-21(13-16-7-5-11-26-16)27(23,24)17-8-2-1-3-9-17/h1-12H,13-14H2,(H,20,22)/b19-12+. The number of benzene rings is 1. The van der Waals surface area contributed by atoms with Gasteiger partial charge in [-0.15, -0.1) is 0 Å². The lowest BCUT2D eigenvalue weighted by Crippen LogP contribution is -2.38. The third-order valence-corrected chi connectivity index (χ3v) is 5.34. The van der Waals surface area contributed by atoms with Gasteiger partial charge in [0.1, 0.15) is 11.5 Å². The number of rotatable bonds is 8. The van der Waals surface area contributed by atoms with Crippen molar-refractivity contribution in [1.29, 1.82) is 0 Å². The minimum absolute atomic E-state index is 0.0838. The first-order valence-electron chi connectivity index (χ1n) is 7.99. The number of amides is 1. The smallest absolute Gasteiger partial charge is 0.255 e. The Labute approximate surface area is 156 Å². The summed E-state index contributed by atoms with van der Waals surface area (Å²) in [5.41, 5.74) is 2.29. The fourth-order valence-corrected chi connectivity index (χ4v) is 3.66. The lowest BCUT2D eigenvalue weighted by Gasteiger charge is -2.20. The molecule has 3 aromatic rings. The molecule has 0 atom stereocenters. The number of carbonyl (C=O) groups is 1. The number of furan rings is 2. The molecular weight excluding hydrogens is 370 g/mol. The van der Waals surface area contributed by atoms with E-state index in [1.165, 1.54) is 30.9 Å². The van der Waals surface area contributed by atoms with Gasteiger partial charge in [-0.25, -0.2) is 13.8 Å². The van der Waals surface area contributed by atoms with Crippen LogP contribution in [0.15, 0.2) is 86.0 Å². The van der Waals surface area contributed by atoms with E-state index in [4.69, 9.17) is 8.83 Å². The first-order valence-corrected chi connectivity index (χ1v) is 9.43. The molecule has 9 heteroatoms. The Morgan fingerprint density at radius 3 is 2.44 bits per heavy atom. The molecule has 0 bridgehead atoms. The topological polar surface area (TPSA) is 105 Å². The molecular formula is C18H17N3O5S. The summed E-state index contributed by atoms with van der Waals surface area (Å²) < 4.78 is 37.1. The molecule has 140 valence electrons. The average molecular weight is 387 g/mol. The molecule has 2 heterocycles. The molecule has 0 fully saturated rings. The Hall–Kier alpha value is -3.17. The van der Waals surface area contributed by atoms with Gasteiger partial charge in [0, 0.05) is 0 Å². The van der Waals surface area contributed by atoms with Gasteiger partial charge in [0.25, 0.3) is 5.91 Å². The van der Waals surface area contributed by atoms with Gasteiger partial charge >= 0.3 is 0 Å². The molecule has 3 rings (SSSR count). The largest absolute Gasteiger partial charge is 0.468 e. The first kappa shape index (κ1) is 18.6. The number of nitrogens with one attached hydrogen (secondary N) is 1. The summed E-state index contributed by atoms with van der Waals surface area (Å²) in [5, 5.41) is 3.76. The fraction of sp³-hybridized carbons (Fsp3) is 0.111. The summed E-state index contributed by atoms with van der Waals surface area (Å²) in [6.45, 7) is -0.507. The summed E-state index contributed by atoms with van der Waals surface area (Å²) in [7, 11) is -3.90. The highest BCUT2D eigenvalue weighted by atomic mass is 32.2. The van der Waals surface area contributed by atoms with Crippen molar-refractivity contribution in [3.8, 4) is 0 Å². The van der Waals surface area contributed by atoms with Gasteiger partial charge in [0.05, 0.1) is 36.7 Å². The number of hydrogen-bond acceptors (Lipinski definition) is 6. The molecule has 0 spiro atoms. The zero-order valence-corrected chi connectivity index (χ0v) is 15.0. The number of nitrogens with zero attached hydrogens (tertiary/aromatic N) is 2. The maximum Gasteiger partial charge on any atom is 0.255 e. The van der Waals surface area contributed by atoms with Crippen LogP contribution in [0.2, 0.25) is 0 Å². The van der Waals surface area contributed by atoms with E-state index in [2.05, 4.69) is 10.5 Å². The maximum atomic E-state index is 12.9. The predicted octanol–water partition coefficient (Wildman–Crippen LogP) is 2.21. The molecule has 27 heavy (non-hydrogen) atoms. The van der Waals surface area contributed by atoms with E-state index < -0.39 is 22.5 Å². The highest BCUT2D eigenvalue weighted by molar-refractivity contribution is 7.89. The van der Waals surface area contributed by atoms with Crippen LogP contribution < -0.4 is 5.43 Å². The van der Waals surface area contributed by atoms with Crippen molar-refractivity contribution in [2.45, 2.75) is 11.4 Å². The number of carbonyl (C=O) groups excluding carboxylic acids is 1. The monoisotopic (exact) mass is 387 g/mol. The van der Waals surface area contributed by atoms with Gasteiger partial charge in [0.2, 0.25) is 10.0 Å². The third-order valence-electron chi connectivity index (χ3n) is 3.54. The molecule has 0 aliphatic carbocycles. The second kappa shape index (κ2) is 8.47. The van der Waals surface area contributed by atoms with Crippen LogP contribution in [0.5, 0.6) is 0 Å². The molecule has 0 radical (unpaired) electrons. The van der Waals surface area contributed by atoms with E-state index in [1.807, 2.05) is 0 Å². The number of sulfonamides is 1. The Balaban J connectivity index is 1.74. The lowest BCUT2D eigenvalue weighted by molar-refractivity contribution is -0.121. The van der Waals surface area contributed by atoms with Crippen molar-refractivity contribution in [2.24, 2.45) is 5.10 Å². The van der Waals surface area contributed by atoms with Crippen LogP contribution in [-0.2, 0) is 21.4 Å². The number of hydrazone groups is 1. The van der Waals surface area contributed by atoms with Crippen LogP contribution in [0.1, 0.15) is 11.5 Å². The molecule has 2 aromatic heterocycles. The lowest BCUT2D eigenvalue weighted by atomic mass is 10.4. The van der Waals surface area contributed by atoms with E-state index in [-0.39, 0.29) is 11.4 Å². The SMILES string of the molecule is O=C(CN(Cc1ccco1)S(=O)(=O)c1ccccc1)N/N=C/c1ccco1. The molecule has 1 aromatic carbocycles. The van der Waals surface area contributed by atoms with Crippen molar-refractivity contribution in [3.05, 3.63) is 78.6 Å². The Bertz CT molecular complexity index is 981. The van der Waals surface area contributed by atoms with Crippen molar-refractivity contribution < 1.29 is 22.0 Å².